The number of rotatable bonds is 4. The SMILES string of the molecule is O=C1CC(CS(=O)(=O)F)CN1C1(c2ccc(Br)cc2)CC1. The number of hydrogen-bond acceptors (Lipinski definition) is 3. The summed E-state index contributed by atoms with van der Waals surface area (Å²) in [5.41, 5.74) is 0.745. The van der Waals surface area contributed by atoms with Crippen LogP contribution in [0.4, 0.5) is 3.89 Å². The van der Waals surface area contributed by atoms with E-state index in [0.717, 1.165) is 22.9 Å². The maximum Gasteiger partial charge on any atom is 0.302 e. The molecule has 0 bridgehead atoms. The van der Waals surface area contributed by atoms with Crippen molar-refractivity contribution in [1.29, 1.82) is 0 Å². The molecule has 1 aromatic rings. The molecular weight excluding hydrogens is 361 g/mol. The first-order valence-electron chi connectivity index (χ1n) is 6.79. The van der Waals surface area contributed by atoms with Gasteiger partial charge in [-0.25, -0.2) is 0 Å². The second-order valence-electron chi connectivity index (χ2n) is 5.82. The molecule has 1 saturated heterocycles. The molecule has 1 unspecified atom stereocenters. The first-order chi connectivity index (χ1) is 9.80. The number of benzene rings is 1. The molecule has 0 aromatic heterocycles. The largest absolute Gasteiger partial charge is 0.333 e. The van der Waals surface area contributed by atoms with Gasteiger partial charge in [-0.15, -0.1) is 3.89 Å². The highest BCUT2D eigenvalue weighted by molar-refractivity contribution is 9.10. The van der Waals surface area contributed by atoms with E-state index in [2.05, 4.69) is 15.9 Å². The second kappa shape index (κ2) is 5.05. The Morgan fingerprint density at radius 1 is 1.29 bits per heavy atom. The Morgan fingerprint density at radius 3 is 2.43 bits per heavy atom. The number of halogens is 2. The number of hydrogen-bond donors (Lipinski definition) is 0. The zero-order chi connectivity index (χ0) is 15.3. The van der Waals surface area contributed by atoms with Crippen LogP contribution >= 0.6 is 15.9 Å². The summed E-state index contributed by atoms with van der Waals surface area (Å²) in [5.74, 6) is -1.09. The van der Waals surface area contributed by atoms with Crippen molar-refractivity contribution in [2.24, 2.45) is 5.92 Å². The molecule has 1 aliphatic heterocycles. The summed E-state index contributed by atoms with van der Waals surface area (Å²) < 4.78 is 35.3. The van der Waals surface area contributed by atoms with Gasteiger partial charge in [0.25, 0.3) is 0 Å². The molecule has 0 spiro atoms. The van der Waals surface area contributed by atoms with Crippen LogP contribution in [-0.4, -0.2) is 31.5 Å². The molecule has 1 amide bonds. The van der Waals surface area contributed by atoms with E-state index in [9.17, 15) is 17.1 Å². The maximum atomic E-state index is 12.8. The summed E-state index contributed by atoms with van der Waals surface area (Å²) >= 11 is 3.38. The van der Waals surface area contributed by atoms with Gasteiger partial charge in [-0.1, -0.05) is 28.1 Å². The van der Waals surface area contributed by atoms with E-state index >= 15 is 0 Å². The molecule has 0 N–H and O–H groups in total. The quantitative estimate of drug-likeness (QED) is 0.760. The first-order valence-corrected chi connectivity index (χ1v) is 9.14. The van der Waals surface area contributed by atoms with E-state index in [1.54, 1.807) is 4.90 Å². The monoisotopic (exact) mass is 375 g/mol. The topological polar surface area (TPSA) is 54.5 Å². The Bertz CT molecular complexity index is 670. The van der Waals surface area contributed by atoms with Crippen LogP contribution < -0.4 is 0 Å². The van der Waals surface area contributed by atoms with Gasteiger partial charge in [-0.2, -0.15) is 8.42 Å². The molecule has 1 heterocycles. The number of carbonyl (C=O) groups is 1. The standard InChI is InChI=1S/C14H15BrFNO3S/c15-12-3-1-11(2-4-12)14(5-6-14)17-8-10(7-13(17)18)9-21(16,19)20/h1-4,10H,5-9H2. The van der Waals surface area contributed by atoms with Crippen LogP contribution in [0.15, 0.2) is 28.7 Å². The molecule has 21 heavy (non-hydrogen) atoms. The highest BCUT2D eigenvalue weighted by Crippen LogP contribution is 2.53. The highest BCUT2D eigenvalue weighted by atomic mass is 79.9. The third kappa shape index (κ3) is 2.99. The van der Waals surface area contributed by atoms with Crippen molar-refractivity contribution in [2.75, 3.05) is 12.3 Å². The van der Waals surface area contributed by atoms with E-state index in [-0.39, 0.29) is 17.9 Å². The predicted molar refractivity (Wildman–Crippen MR) is 79.8 cm³/mol. The fourth-order valence-corrected chi connectivity index (χ4v) is 4.23. The van der Waals surface area contributed by atoms with E-state index in [1.807, 2.05) is 24.3 Å². The Morgan fingerprint density at radius 2 is 1.90 bits per heavy atom. The third-order valence-corrected chi connectivity index (χ3v) is 5.66. The van der Waals surface area contributed by atoms with E-state index in [4.69, 9.17) is 0 Å². The van der Waals surface area contributed by atoms with Gasteiger partial charge in [0.1, 0.15) is 0 Å². The van der Waals surface area contributed by atoms with Gasteiger partial charge >= 0.3 is 10.2 Å². The van der Waals surface area contributed by atoms with Gasteiger partial charge in [0.05, 0.1) is 11.3 Å². The van der Waals surface area contributed by atoms with Gasteiger partial charge < -0.3 is 4.90 Å². The lowest BCUT2D eigenvalue weighted by Crippen LogP contribution is -2.37. The van der Waals surface area contributed by atoms with Crippen molar-refractivity contribution in [3.05, 3.63) is 34.3 Å². The Hall–Kier alpha value is -0.950. The summed E-state index contributed by atoms with van der Waals surface area (Å²) in [7, 11) is -4.53. The molecule has 1 aromatic carbocycles. The van der Waals surface area contributed by atoms with Gasteiger partial charge in [0.15, 0.2) is 0 Å². The smallest absolute Gasteiger partial charge is 0.302 e. The third-order valence-electron chi connectivity index (χ3n) is 4.26. The van der Waals surface area contributed by atoms with Crippen molar-refractivity contribution in [1.82, 2.24) is 4.90 Å². The molecule has 1 saturated carbocycles. The van der Waals surface area contributed by atoms with Crippen LogP contribution in [0, 0.1) is 5.92 Å². The Balaban J connectivity index is 1.81. The van der Waals surface area contributed by atoms with Crippen LogP contribution in [0.1, 0.15) is 24.8 Å². The lowest BCUT2D eigenvalue weighted by Gasteiger charge is -2.28. The molecule has 2 aliphatic rings. The van der Waals surface area contributed by atoms with Crippen LogP contribution in [0.5, 0.6) is 0 Å². The molecule has 7 heteroatoms. The summed E-state index contributed by atoms with van der Waals surface area (Å²) in [6.07, 6.45) is 1.85. The lowest BCUT2D eigenvalue weighted by atomic mass is 10.0. The van der Waals surface area contributed by atoms with Crippen LogP contribution in [0.2, 0.25) is 0 Å². The molecule has 1 aliphatic carbocycles. The van der Waals surface area contributed by atoms with Crippen LogP contribution in [0.3, 0.4) is 0 Å². The number of nitrogens with zero attached hydrogens (tertiary/aromatic N) is 1. The van der Waals surface area contributed by atoms with Gasteiger partial charge in [0, 0.05) is 23.4 Å². The summed E-state index contributed by atoms with van der Waals surface area (Å²) in [6.45, 7) is 0.318. The Labute approximate surface area is 131 Å². The van der Waals surface area contributed by atoms with Crippen LogP contribution in [-0.2, 0) is 20.6 Å². The maximum absolute atomic E-state index is 12.8. The minimum Gasteiger partial charge on any atom is -0.333 e. The second-order valence-corrected chi connectivity index (χ2v) is 8.15. The van der Waals surface area contributed by atoms with Crippen molar-refractivity contribution in [3.8, 4) is 0 Å². The number of amides is 1. The highest BCUT2D eigenvalue weighted by Gasteiger charge is 2.54. The molecular formula is C14H15BrFNO3S. The first kappa shape index (κ1) is 15.0. The average Bonchev–Trinajstić information content (AvgIpc) is 3.09. The lowest BCUT2D eigenvalue weighted by molar-refractivity contribution is -0.130. The van der Waals surface area contributed by atoms with E-state index in [1.165, 1.54) is 0 Å². The van der Waals surface area contributed by atoms with Crippen molar-refractivity contribution in [3.63, 3.8) is 0 Å². The summed E-state index contributed by atoms with van der Waals surface area (Å²) in [4.78, 5) is 13.9. The fourth-order valence-electron chi connectivity index (χ4n) is 3.18. The van der Waals surface area contributed by atoms with Gasteiger partial charge in [-0.3, -0.25) is 4.79 Å². The zero-order valence-electron chi connectivity index (χ0n) is 11.3. The van der Waals surface area contributed by atoms with E-state index < -0.39 is 21.9 Å². The number of carbonyl (C=O) groups excluding carboxylic acids is 1. The van der Waals surface area contributed by atoms with Gasteiger partial charge in [-0.05, 0) is 30.5 Å². The number of likely N-dealkylation sites (tertiary alicyclic amines) is 1. The van der Waals surface area contributed by atoms with Crippen molar-refractivity contribution < 1.29 is 17.1 Å². The molecule has 4 nitrogen and oxygen atoms in total. The fraction of sp³-hybridized carbons (Fsp3) is 0.500. The van der Waals surface area contributed by atoms with Crippen molar-refractivity contribution >= 4 is 32.1 Å². The molecule has 114 valence electrons. The minimum absolute atomic E-state index is 0.0796. The zero-order valence-corrected chi connectivity index (χ0v) is 13.7. The van der Waals surface area contributed by atoms with Crippen molar-refractivity contribution in [2.45, 2.75) is 24.8 Å². The summed E-state index contributed by atoms with van der Waals surface area (Å²) in [6, 6.07) is 7.81. The molecule has 1 atom stereocenters. The Kier molecular flexibility index (Phi) is 3.60. The van der Waals surface area contributed by atoms with Crippen LogP contribution in [0.25, 0.3) is 0 Å². The van der Waals surface area contributed by atoms with E-state index in [0.29, 0.717) is 6.54 Å². The predicted octanol–water partition coefficient (Wildman–Crippen LogP) is 2.59. The molecule has 3 rings (SSSR count). The summed E-state index contributed by atoms with van der Waals surface area (Å²) in [5, 5.41) is 0. The normalized spacial score (nSPS) is 24.4. The van der Waals surface area contributed by atoms with Gasteiger partial charge in [0.2, 0.25) is 5.91 Å². The minimum atomic E-state index is -4.53. The average molecular weight is 376 g/mol. The molecule has 2 fully saturated rings. The molecule has 0 radical (unpaired) electrons.